The van der Waals surface area contributed by atoms with Crippen LogP contribution in [0.5, 0.6) is 11.5 Å². The van der Waals surface area contributed by atoms with E-state index in [2.05, 4.69) is 87.9 Å². The molecule has 1 aliphatic rings. The Hall–Kier alpha value is -13.8. The average molecular weight is 1970 g/mol. The number of carboxylic acids is 3. The number of benzene rings is 4. The maximum Gasteiger partial charge on any atom is 0.323 e. The zero-order chi connectivity index (χ0) is 101. The van der Waals surface area contributed by atoms with Crippen molar-refractivity contribution in [1.29, 1.82) is 0 Å². The van der Waals surface area contributed by atoms with Gasteiger partial charge in [0.25, 0.3) is 11.8 Å². The van der Waals surface area contributed by atoms with Crippen LogP contribution in [0.2, 0.25) is 0 Å². The van der Waals surface area contributed by atoms with Gasteiger partial charge in [-0.1, -0.05) is 26.0 Å². The van der Waals surface area contributed by atoms with Crippen LogP contribution in [0.3, 0.4) is 0 Å². The Balaban J connectivity index is 0.704. The van der Waals surface area contributed by atoms with Gasteiger partial charge in [0.15, 0.2) is 11.9 Å². The molecule has 48 heteroatoms. The van der Waals surface area contributed by atoms with Crippen LogP contribution in [0, 0.1) is 41.8 Å². The number of anilines is 2. The number of nitrogens with zero attached hydrogens (tertiary/aromatic N) is 8. The van der Waals surface area contributed by atoms with Crippen LogP contribution in [0.25, 0.3) is 21.8 Å². The fourth-order valence-electron chi connectivity index (χ4n) is 15.3. The van der Waals surface area contributed by atoms with Gasteiger partial charge < -0.3 is 102 Å². The number of ether oxygens (including phenoxy) is 2. The first kappa shape index (κ1) is 109. The van der Waals surface area contributed by atoms with Crippen molar-refractivity contribution in [1.82, 2.24) is 106 Å². The number of aryl methyl sites for hydroxylation is 6. The summed E-state index contributed by atoms with van der Waals surface area (Å²) in [4.78, 5) is 206. The number of pyridine rings is 2. The fourth-order valence-corrected chi connectivity index (χ4v) is 18.6. The summed E-state index contributed by atoms with van der Waals surface area (Å²) in [6.07, 6.45) is 8.75. The number of rotatable bonds is 51. The van der Waals surface area contributed by atoms with Gasteiger partial charge in [0.2, 0.25) is 72.3 Å². The van der Waals surface area contributed by atoms with Crippen LogP contribution in [0.4, 0.5) is 11.9 Å². The Morgan fingerprint density at radius 3 is 1.25 bits per heavy atom. The van der Waals surface area contributed by atoms with E-state index in [4.69, 9.17) is 23.6 Å². The lowest BCUT2D eigenvalue weighted by Gasteiger charge is -2.31. The number of amides is 9. The van der Waals surface area contributed by atoms with Crippen LogP contribution in [0.15, 0.2) is 117 Å². The minimum Gasteiger partial charge on any atom is -0.494 e. The van der Waals surface area contributed by atoms with Gasteiger partial charge in [0, 0.05) is 200 Å². The van der Waals surface area contributed by atoms with Crippen LogP contribution in [-0.2, 0) is 95.2 Å². The minimum atomic E-state index is -4.58. The largest absolute Gasteiger partial charge is 0.494 e. The van der Waals surface area contributed by atoms with Crippen molar-refractivity contribution >= 4 is 125 Å². The van der Waals surface area contributed by atoms with Crippen molar-refractivity contribution < 1.29 is 99.2 Å². The Morgan fingerprint density at radius 2 is 0.856 bits per heavy atom. The second-order valence-electron chi connectivity index (χ2n) is 33.3. The van der Waals surface area contributed by atoms with Crippen LogP contribution < -0.4 is 88.3 Å². The van der Waals surface area contributed by atoms with Crippen molar-refractivity contribution in [3.8, 4) is 11.5 Å². The number of aromatic nitrogens is 6. The van der Waals surface area contributed by atoms with E-state index < -0.39 is 152 Å². The van der Waals surface area contributed by atoms with E-state index >= 15 is 0 Å². The zero-order valence-corrected chi connectivity index (χ0v) is 80.1. The van der Waals surface area contributed by atoms with Crippen LogP contribution >= 0.6 is 0 Å². The van der Waals surface area contributed by atoms with Gasteiger partial charge in [0.1, 0.15) is 52.8 Å². The molecule has 4 radical (unpaired) electrons. The molecular weight excluding hydrogens is 1850 g/mol. The smallest absolute Gasteiger partial charge is 0.323 e. The molecule has 1 saturated heterocycles. The first-order valence-corrected chi connectivity index (χ1v) is 48.0. The number of carbonyl (C=O) groups is 12. The van der Waals surface area contributed by atoms with Gasteiger partial charge in [-0.15, -0.1) is 0 Å². The number of nitrogens with one attached hydrogen (secondary N) is 15. The Kier molecular flexibility index (Phi) is 40.8. The molecule has 750 valence electrons. The molecule has 0 saturated carbocycles. The van der Waals surface area contributed by atoms with E-state index in [0.29, 0.717) is 55.7 Å². The van der Waals surface area contributed by atoms with Crippen molar-refractivity contribution in [3.05, 3.63) is 177 Å². The summed E-state index contributed by atoms with van der Waals surface area (Å²) in [6, 6.07) is 8.25. The van der Waals surface area contributed by atoms with Gasteiger partial charge >= 0.3 is 17.9 Å². The van der Waals surface area contributed by atoms with Crippen molar-refractivity contribution in [3.63, 3.8) is 0 Å². The third kappa shape index (κ3) is 33.0. The van der Waals surface area contributed by atoms with Gasteiger partial charge in [0.05, 0.1) is 47.1 Å². The maximum absolute atomic E-state index is 14.3. The lowest BCUT2D eigenvalue weighted by Crippen LogP contribution is -2.55. The molecule has 1 fully saturated rings. The normalized spacial score (nSPS) is 14.3. The van der Waals surface area contributed by atoms with Crippen molar-refractivity contribution in [2.45, 2.75) is 146 Å². The van der Waals surface area contributed by atoms with Crippen molar-refractivity contribution in [2.24, 2.45) is 14.1 Å². The number of carbonyl (C=O) groups excluding carboxylic acids is 9. The molecule has 8 aromatic rings. The zero-order valence-electron chi connectivity index (χ0n) is 78.5. The number of H-pyrrole nitrogens is 2. The molecule has 4 aromatic carbocycles. The Morgan fingerprint density at radius 1 is 0.468 bits per heavy atom. The van der Waals surface area contributed by atoms with E-state index in [-0.39, 0.29) is 196 Å². The first-order valence-electron chi connectivity index (χ1n) is 45.0. The standard InChI is InChI=1S/C91H121N23O23S2/c1-11-67(85(125)94-25-23-92-74(115)15-13-39-136-61-41-55(3)81(56(4)42-61)138(132,133)107-70(88(128)129)49-100-83(123)65-51-111(9)72-45-59(17-19-63(72)79(65)121)47-102-90-96-27-28-97-90)104-76(117)22-21-69(105-77(118)53-113-35-33-109(7)31-32-110(8)34-36-114(38-37-113)54-78(119)120)87(127)106-68(12-2)86(126)95-26-24-93-75(116)16-14-40-137-62-43-57(5)82(58(6)44-62)139(134,135)108-71(89(130)131)50-101-84(124)66-52-112(10)73-46-60(18-20-64(73)80(66)122)48-103-91-98-29-30-99-91/h7-8,17-20,27-30,41-46,51-52,67-71,107-108H,11-16,21-26,31-40,47-50,53-54H2,1-6,9-10H3,(H,92,115)(H,93,116)(H,94,125)(H,95,126)(H,100,123)(H,101,124)(H,104,117)(H,105,118)(H,106,127)(H,119,120)(H,128,129)(H,130,131)(H2,96,97,102)(H2,98,99,103)/t67?,68?,69-,70?,71?/m0/s1. The highest BCUT2D eigenvalue weighted by molar-refractivity contribution is 7.90. The molecule has 18 N–H and O–H groups in total. The van der Waals surface area contributed by atoms with Crippen molar-refractivity contribution in [2.75, 3.05) is 129 Å². The molecule has 4 aromatic heterocycles. The molecule has 0 spiro atoms. The van der Waals surface area contributed by atoms with Crippen LogP contribution in [0.1, 0.15) is 119 Å². The summed E-state index contributed by atoms with van der Waals surface area (Å²) in [7, 11) is 6.53. The summed E-state index contributed by atoms with van der Waals surface area (Å²) in [5.41, 5.74) is 1.51. The molecule has 0 aliphatic carbocycles. The maximum atomic E-state index is 14.3. The lowest BCUT2D eigenvalue weighted by atomic mass is 10.1. The molecule has 9 amide bonds. The summed E-state index contributed by atoms with van der Waals surface area (Å²) >= 11 is 0. The number of sulfonamides is 2. The minimum absolute atomic E-state index is 0.000559. The highest BCUT2D eigenvalue weighted by Gasteiger charge is 2.34. The molecule has 5 heterocycles. The SMILES string of the molecule is [CH]N1CCN([CH])CCN(CC(=O)N[C@@H](CCC(=O)NC(CC)C(=O)NCCNC(=O)CCCOc2cc(C)c(S(=O)(=O)NC(CNC(=O)c3cn(C)c4cc(CNc5ncc[nH]5)ccc4c3=O)C(=O)O)c(C)c2)C(=O)NC(CC)C(=O)NCCNC(=O)CCCOc2cc(C)c(S(=O)(=O)NC(CNC(=O)c3cn(C)c4cc(CNc5ncc[nH]5)ccc4c3=O)C(=O)O)c(C)c2)CCN(CC(=O)O)CC1. The topological polar surface area (TPSA) is 623 Å². The molecule has 139 heavy (non-hydrogen) atoms. The molecule has 1 aliphatic heterocycles. The van der Waals surface area contributed by atoms with E-state index in [1.165, 1.54) is 74.2 Å². The summed E-state index contributed by atoms with van der Waals surface area (Å²) in [6.45, 7) is 9.65. The number of imidazole rings is 2. The second kappa shape index (κ2) is 52.1. The number of aromatic amines is 2. The molecule has 9 rings (SSSR count). The van der Waals surface area contributed by atoms with Gasteiger partial charge in [-0.05, 0) is 142 Å². The first-order chi connectivity index (χ1) is 66.1. The number of carboxylic acid groups (broad SMARTS) is 3. The molecule has 4 unspecified atom stereocenters. The monoisotopic (exact) mass is 1970 g/mol. The predicted octanol–water partition coefficient (Wildman–Crippen LogP) is -0.202. The quantitative estimate of drug-likeness (QED) is 0.0220. The van der Waals surface area contributed by atoms with Gasteiger partial charge in [-0.25, -0.2) is 26.8 Å². The number of hydrogen-bond acceptors (Lipinski definition) is 28. The summed E-state index contributed by atoms with van der Waals surface area (Å²) in [5, 5.41) is 60.0. The Labute approximate surface area is 802 Å². The average Bonchev–Trinajstić information content (AvgIpc) is 1.23. The van der Waals surface area contributed by atoms with E-state index in [1.54, 1.807) is 108 Å². The molecular formula is C91H121N23O23S2. The number of fused-ring (bicyclic) bond motifs is 2. The summed E-state index contributed by atoms with van der Waals surface area (Å²) in [5.74, 6) is -8.95. The van der Waals surface area contributed by atoms with E-state index in [1.807, 2.05) is 0 Å². The van der Waals surface area contributed by atoms with Crippen LogP contribution in [-0.4, -0.2) is 300 Å². The summed E-state index contributed by atoms with van der Waals surface area (Å²) < 4.78 is 74.5. The molecule has 5 atom stereocenters. The van der Waals surface area contributed by atoms with Gasteiger partial charge in [-0.2, -0.15) is 9.44 Å². The second-order valence-corrected chi connectivity index (χ2v) is 36.6. The van der Waals surface area contributed by atoms with E-state index in [9.17, 15) is 99.3 Å². The Bertz CT molecular complexity index is 6030. The number of hydrogen-bond donors (Lipinski definition) is 18. The number of aliphatic carboxylic acids is 3. The highest BCUT2D eigenvalue weighted by atomic mass is 32.2. The highest BCUT2D eigenvalue weighted by Crippen LogP contribution is 2.29. The predicted molar refractivity (Wildman–Crippen MR) is 510 cm³/mol. The molecule has 46 nitrogen and oxygen atoms in total. The third-order valence-corrected chi connectivity index (χ3v) is 26.1. The lowest BCUT2D eigenvalue weighted by molar-refractivity contribution is -0.139. The molecule has 0 bridgehead atoms. The van der Waals surface area contributed by atoms with E-state index in [0.717, 1.165) is 11.1 Å². The third-order valence-electron chi connectivity index (χ3n) is 22.5. The van der Waals surface area contributed by atoms with Gasteiger partial charge in [-0.3, -0.25) is 86.7 Å². The fraction of sp³-hybridized carbons (Fsp3) is 0.451.